The van der Waals surface area contributed by atoms with Gasteiger partial charge in [0, 0.05) is 23.1 Å². The first-order valence-corrected chi connectivity index (χ1v) is 8.34. The van der Waals surface area contributed by atoms with Gasteiger partial charge in [0.2, 0.25) is 0 Å². The standard InChI is InChI=1S/C16H13NO8S/c1-3-23-15-13-12(11(7-26-15)25-16(19)22-2)9-6-8(17(20)21)4-5-10(9)24-14(13)18/h4-7,12H,3H2,1-2H3. The molecule has 2 aliphatic heterocycles. The zero-order valence-corrected chi connectivity index (χ0v) is 14.5. The average molecular weight is 379 g/mol. The number of benzene rings is 1. The molecule has 0 spiro atoms. The lowest BCUT2D eigenvalue weighted by Crippen LogP contribution is -2.29. The van der Waals surface area contributed by atoms with Crippen molar-refractivity contribution in [2.24, 2.45) is 0 Å². The van der Waals surface area contributed by atoms with E-state index >= 15 is 0 Å². The molecule has 1 atom stereocenters. The molecule has 0 fully saturated rings. The third-order valence-electron chi connectivity index (χ3n) is 3.66. The highest BCUT2D eigenvalue weighted by Gasteiger charge is 2.43. The minimum Gasteiger partial charge on any atom is -0.487 e. The summed E-state index contributed by atoms with van der Waals surface area (Å²) in [6.45, 7) is 2.05. The molecule has 0 radical (unpaired) electrons. The molecule has 1 aromatic rings. The minimum absolute atomic E-state index is 0.0960. The number of carbonyl (C=O) groups excluding carboxylic acids is 2. The van der Waals surface area contributed by atoms with Crippen molar-refractivity contribution in [3.05, 3.63) is 55.7 Å². The Balaban J connectivity index is 2.16. The number of methoxy groups -OCH3 is 1. The van der Waals surface area contributed by atoms with Gasteiger partial charge in [-0.25, -0.2) is 9.59 Å². The molecule has 0 aromatic heterocycles. The van der Waals surface area contributed by atoms with Crippen molar-refractivity contribution in [2.45, 2.75) is 12.8 Å². The molecular formula is C16H13NO8S. The van der Waals surface area contributed by atoms with Crippen LogP contribution in [0.25, 0.3) is 0 Å². The SMILES string of the molecule is CCOC1=C2C(=O)Oc3ccc([N+](=O)[O-])cc3C2C(OC(=O)OC)=CS1. The number of fused-ring (bicyclic) bond motifs is 3. The average Bonchev–Trinajstić information content (AvgIpc) is 2.62. The van der Waals surface area contributed by atoms with Gasteiger partial charge in [-0.15, -0.1) is 0 Å². The van der Waals surface area contributed by atoms with E-state index in [0.717, 1.165) is 18.9 Å². The van der Waals surface area contributed by atoms with E-state index < -0.39 is 23.0 Å². The molecule has 2 heterocycles. The smallest absolute Gasteiger partial charge is 0.487 e. The molecule has 1 unspecified atom stereocenters. The lowest BCUT2D eigenvalue weighted by Gasteiger charge is -2.31. The van der Waals surface area contributed by atoms with E-state index in [2.05, 4.69) is 4.74 Å². The predicted octanol–water partition coefficient (Wildman–Crippen LogP) is 3.22. The second kappa shape index (κ2) is 7.08. The molecule has 0 bridgehead atoms. The van der Waals surface area contributed by atoms with Crippen LogP contribution < -0.4 is 4.74 Å². The van der Waals surface area contributed by atoms with Crippen molar-refractivity contribution < 1.29 is 33.5 Å². The van der Waals surface area contributed by atoms with Gasteiger partial charge in [0.25, 0.3) is 5.69 Å². The fraction of sp³-hybridized carbons (Fsp3) is 0.250. The second-order valence-corrected chi connectivity index (χ2v) is 5.97. The van der Waals surface area contributed by atoms with Gasteiger partial charge in [0.1, 0.15) is 17.1 Å². The summed E-state index contributed by atoms with van der Waals surface area (Å²) >= 11 is 1.05. The van der Waals surface area contributed by atoms with Crippen LogP contribution in [0.1, 0.15) is 18.4 Å². The van der Waals surface area contributed by atoms with Gasteiger partial charge in [0.05, 0.1) is 24.6 Å². The number of carbonyl (C=O) groups is 2. The van der Waals surface area contributed by atoms with Crippen LogP contribution in [-0.4, -0.2) is 30.8 Å². The van der Waals surface area contributed by atoms with E-state index in [0.29, 0.717) is 12.2 Å². The van der Waals surface area contributed by atoms with Crippen LogP contribution in [0, 0.1) is 10.1 Å². The van der Waals surface area contributed by atoms with E-state index in [1.807, 2.05) is 0 Å². The summed E-state index contributed by atoms with van der Waals surface area (Å²) < 4.78 is 20.4. The Labute approximate surface area is 151 Å². The minimum atomic E-state index is -0.970. The van der Waals surface area contributed by atoms with E-state index in [-0.39, 0.29) is 27.9 Å². The first-order chi connectivity index (χ1) is 12.5. The zero-order valence-electron chi connectivity index (χ0n) is 13.7. The highest BCUT2D eigenvalue weighted by Crippen LogP contribution is 2.50. The predicted molar refractivity (Wildman–Crippen MR) is 89.3 cm³/mol. The van der Waals surface area contributed by atoms with Gasteiger partial charge in [-0.05, 0) is 13.0 Å². The van der Waals surface area contributed by atoms with Crippen molar-refractivity contribution >= 4 is 29.6 Å². The van der Waals surface area contributed by atoms with Crippen molar-refractivity contribution in [3.63, 3.8) is 0 Å². The van der Waals surface area contributed by atoms with Crippen LogP contribution in [0.3, 0.4) is 0 Å². The molecule has 26 heavy (non-hydrogen) atoms. The van der Waals surface area contributed by atoms with Gasteiger partial charge >= 0.3 is 12.1 Å². The summed E-state index contributed by atoms with van der Waals surface area (Å²) in [5.41, 5.74) is 0.252. The first-order valence-electron chi connectivity index (χ1n) is 7.46. The van der Waals surface area contributed by atoms with Crippen molar-refractivity contribution in [3.8, 4) is 5.75 Å². The van der Waals surface area contributed by atoms with E-state index in [9.17, 15) is 19.7 Å². The lowest BCUT2D eigenvalue weighted by atomic mass is 9.87. The topological polar surface area (TPSA) is 114 Å². The fourth-order valence-electron chi connectivity index (χ4n) is 2.60. The van der Waals surface area contributed by atoms with Crippen LogP contribution in [0.4, 0.5) is 10.5 Å². The molecule has 3 rings (SSSR count). The molecule has 136 valence electrons. The van der Waals surface area contributed by atoms with Crippen LogP contribution >= 0.6 is 11.8 Å². The Morgan fingerprint density at radius 3 is 2.85 bits per heavy atom. The lowest BCUT2D eigenvalue weighted by molar-refractivity contribution is -0.385. The maximum Gasteiger partial charge on any atom is 0.513 e. The number of nitro groups is 1. The summed E-state index contributed by atoms with van der Waals surface area (Å²) in [6.07, 6.45) is -0.970. The van der Waals surface area contributed by atoms with Crippen molar-refractivity contribution in [1.82, 2.24) is 0 Å². The Bertz CT molecular complexity index is 860. The molecule has 1 aromatic carbocycles. The van der Waals surface area contributed by atoms with Gasteiger partial charge in [-0.1, -0.05) is 11.8 Å². The third kappa shape index (κ3) is 3.10. The first kappa shape index (κ1) is 17.8. The number of nitro benzene ring substituents is 1. The van der Waals surface area contributed by atoms with Gasteiger partial charge in [0.15, 0.2) is 5.09 Å². The summed E-state index contributed by atoms with van der Waals surface area (Å²) in [5.74, 6) is -1.31. The van der Waals surface area contributed by atoms with Crippen LogP contribution in [-0.2, 0) is 19.0 Å². The van der Waals surface area contributed by atoms with Crippen molar-refractivity contribution in [2.75, 3.05) is 13.7 Å². The van der Waals surface area contributed by atoms with Gasteiger partial charge in [-0.2, -0.15) is 0 Å². The maximum atomic E-state index is 12.5. The molecular weight excluding hydrogens is 366 g/mol. The normalized spacial score (nSPS) is 18.2. The molecule has 0 saturated heterocycles. The number of allylic oxidation sites excluding steroid dienone is 1. The highest BCUT2D eigenvalue weighted by molar-refractivity contribution is 8.05. The summed E-state index contributed by atoms with van der Waals surface area (Å²) in [6, 6.07) is 3.84. The number of non-ortho nitro benzene ring substituents is 1. The Morgan fingerprint density at radius 1 is 1.42 bits per heavy atom. The number of ether oxygens (including phenoxy) is 4. The number of thioether (sulfide) groups is 1. The molecule has 10 heteroatoms. The van der Waals surface area contributed by atoms with E-state index in [1.54, 1.807) is 6.92 Å². The summed E-state index contributed by atoms with van der Waals surface area (Å²) in [4.78, 5) is 34.6. The monoisotopic (exact) mass is 379 g/mol. The van der Waals surface area contributed by atoms with E-state index in [4.69, 9.17) is 14.2 Å². The van der Waals surface area contributed by atoms with E-state index in [1.165, 1.54) is 23.6 Å². The van der Waals surface area contributed by atoms with Crippen LogP contribution in [0.2, 0.25) is 0 Å². The quantitative estimate of drug-likeness (QED) is 0.336. The number of rotatable bonds is 4. The second-order valence-electron chi connectivity index (χ2n) is 5.13. The molecule has 9 nitrogen and oxygen atoms in total. The van der Waals surface area contributed by atoms with Crippen molar-refractivity contribution in [1.29, 1.82) is 0 Å². The fourth-order valence-corrected chi connectivity index (χ4v) is 3.52. The van der Waals surface area contributed by atoms with Crippen LogP contribution in [0.5, 0.6) is 5.75 Å². The highest BCUT2D eigenvalue weighted by atomic mass is 32.2. The van der Waals surface area contributed by atoms with Crippen LogP contribution in [0.15, 0.2) is 40.0 Å². The summed E-state index contributed by atoms with van der Waals surface area (Å²) in [7, 11) is 1.15. The number of hydrogen-bond acceptors (Lipinski definition) is 9. The maximum absolute atomic E-state index is 12.5. The summed E-state index contributed by atoms with van der Waals surface area (Å²) in [5, 5.41) is 12.9. The van der Waals surface area contributed by atoms with Gasteiger partial charge in [-0.3, -0.25) is 10.1 Å². The number of esters is 1. The zero-order chi connectivity index (χ0) is 18.8. The molecule has 0 saturated carbocycles. The molecule has 0 aliphatic carbocycles. The Kier molecular flexibility index (Phi) is 4.85. The number of hydrogen-bond donors (Lipinski definition) is 0. The third-order valence-corrected chi connectivity index (χ3v) is 4.56. The number of nitrogens with zero attached hydrogens (tertiary/aromatic N) is 1. The van der Waals surface area contributed by atoms with Gasteiger partial charge < -0.3 is 18.9 Å². The molecule has 0 amide bonds. The Morgan fingerprint density at radius 2 is 2.19 bits per heavy atom. The largest absolute Gasteiger partial charge is 0.513 e. The molecule has 0 N–H and O–H groups in total. The Hall–Kier alpha value is -3.01. The molecule has 2 aliphatic rings.